The van der Waals surface area contributed by atoms with Crippen molar-refractivity contribution in [1.82, 2.24) is 20.4 Å². The summed E-state index contributed by atoms with van der Waals surface area (Å²) in [5.74, 6) is 0.953. The SMILES string of the molecule is CCc1[nH]c2ccc(C(=O)NCCc3nc(-c4ccccc4)no3)cc2c1C. The fourth-order valence-electron chi connectivity index (χ4n) is 3.32. The van der Waals surface area contributed by atoms with Crippen molar-refractivity contribution in [2.75, 3.05) is 6.54 Å². The van der Waals surface area contributed by atoms with Crippen molar-refractivity contribution in [2.45, 2.75) is 26.7 Å². The first-order valence-corrected chi connectivity index (χ1v) is 9.43. The van der Waals surface area contributed by atoms with Crippen molar-refractivity contribution in [3.05, 3.63) is 71.2 Å². The average Bonchev–Trinajstić information content (AvgIpc) is 3.33. The van der Waals surface area contributed by atoms with Crippen molar-refractivity contribution in [3.63, 3.8) is 0 Å². The number of amides is 1. The van der Waals surface area contributed by atoms with Crippen LogP contribution in [0.3, 0.4) is 0 Å². The molecule has 2 heterocycles. The zero-order valence-corrected chi connectivity index (χ0v) is 16.0. The first kappa shape index (κ1) is 18.0. The topological polar surface area (TPSA) is 83.8 Å². The molecule has 0 saturated carbocycles. The summed E-state index contributed by atoms with van der Waals surface area (Å²) in [5, 5.41) is 8.01. The van der Waals surface area contributed by atoms with Gasteiger partial charge in [0.2, 0.25) is 11.7 Å². The molecule has 4 rings (SSSR count). The summed E-state index contributed by atoms with van der Waals surface area (Å²) in [4.78, 5) is 20.3. The first-order chi connectivity index (χ1) is 13.7. The van der Waals surface area contributed by atoms with Gasteiger partial charge in [0.1, 0.15) is 0 Å². The Morgan fingerprint density at radius 2 is 2.00 bits per heavy atom. The Morgan fingerprint density at radius 3 is 2.79 bits per heavy atom. The highest BCUT2D eigenvalue weighted by Gasteiger charge is 2.12. The Bertz CT molecular complexity index is 1110. The second-order valence-corrected chi connectivity index (χ2v) is 6.73. The lowest BCUT2D eigenvalue weighted by Crippen LogP contribution is -2.25. The van der Waals surface area contributed by atoms with Crippen LogP contribution in [0, 0.1) is 6.92 Å². The number of benzene rings is 2. The maximum absolute atomic E-state index is 12.5. The van der Waals surface area contributed by atoms with Crippen molar-refractivity contribution >= 4 is 16.8 Å². The predicted octanol–water partition coefficient (Wildman–Crippen LogP) is 4.06. The molecule has 0 spiro atoms. The van der Waals surface area contributed by atoms with Crippen molar-refractivity contribution < 1.29 is 9.32 Å². The van der Waals surface area contributed by atoms with E-state index in [0.717, 1.165) is 22.9 Å². The van der Waals surface area contributed by atoms with Gasteiger partial charge in [0.25, 0.3) is 5.91 Å². The van der Waals surface area contributed by atoms with E-state index in [9.17, 15) is 4.79 Å². The fourth-order valence-corrected chi connectivity index (χ4v) is 3.32. The molecule has 0 aliphatic rings. The maximum atomic E-state index is 12.5. The number of hydrogen-bond donors (Lipinski definition) is 2. The third kappa shape index (κ3) is 3.53. The van der Waals surface area contributed by atoms with Crippen LogP contribution in [-0.4, -0.2) is 27.6 Å². The van der Waals surface area contributed by atoms with Gasteiger partial charge in [-0.15, -0.1) is 0 Å². The van der Waals surface area contributed by atoms with Gasteiger partial charge in [0.05, 0.1) is 0 Å². The highest BCUT2D eigenvalue weighted by atomic mass is 16.5. The van der Waals surface area contributed by atoms with Crippen LogP contribution in [-0.2, 0) is 12.8 Å². The smallest absolute Gasteiger partial charge is 0.251 e. The van der Waals surface area contributed by atoms with Gasteiger partial charge in [-0.05, 0) is 37.1 Å². The number of fused-ring (bicyclic) bond motifs is 1. The van der Waals surface area contributed by atoms with E-state index in [1.54, 1.807) is 0 Å². The minimum absolute atomic E-state index is 0.108. The van der Waals surface area contributed by atoms with Gasteiger partial charge < -0.3 is 14.8 Å². The average molecular weight is 374 g/mol. The lowest BCUT2D eigenvalue weighted by atomic mass is 10.1. The van der Waals surface area contributed by atoms with E-state index in [2.05, 4.69) is 34.3 Å². The quantitative estimate of drug-likeness (QED) is 0.533. The lowest BCUT2D eigenvalue weighted by Gasteiger charge is -2.04. The summed E-state index contributed by atoms with van der Waals surface area (Å²) >= 11 is 0. The molecule has 0 unspecified atom stereocenters. The van der Waals surface area contributed by atoms with Crippen LogP contribution in [0.25, 0.3) is 22.3 Å². The van der Waals surface area contributed by atoms with Crippen molar-refractivity contribution in [1.29, 1.82) is 0 Å². The second kappa shape index (κ2) is 7.68. The van der Waals surface area contributed by atoms with Crippen LogP contribution >= 0.6 is 0 Å². The molecule has 2 aromatic heterocycles. The minimum Gasteiger partial charge on any atom is -0.358 e. The molecular weight excluding hydrogens is 352 g/mol. The Morgan fingerprint density at radius 1 is 1.18 bits per heavy atom. The van der Waals surface area contributed by atoms with E-state index >= 15 is 0 Å². The standard InChI is InChI=1S/C22H22N4O2/c1-3-18-14(2)17-13-16(9-10-19(17)24-18)22(27)23-12-11-20-25-21(26-28-20)15-7-5-4-6-8-15/h4-10,13,24H,3,11-12H2,1-2H3,(H,23,27). The van der Waals surface area contributed by atoms with Gasteiger partial charge in [-0.1, -0.05) is 42.4 Å². The van der Waals surface area contributed by atoms with E-state index in [1.165, 1.54) is 11.3 Å². The molecule has 28 heavy (non-hydrogen) atoms. The lowest BCUT2D eigenvalue weighted by molar-refractivity contribution is 0.0953. The minimum atomic E-state index is -0.108. The van der Waals surface area contributed by atoms with Crippen LogP contribution in [0.2, 0.25) is 0 Å². The molecular formula is C22H22N4O2. The van der Waals surface area contributed by atoms with Crippen molar-refractivity contribution in [3.8, 4) is 11.4 Å². The second-order valence-electron chi connectivity index (χ2n) is 6.73. The number of nitrogens with zero attached hydrogens (tertiary/aromatic N) is 2. The zero-order chi connectivity index (χ0) is 19.5. The maximum Gasteiger partial charge on any atom is 0.251 e. The summed E-state index contributed by atoms with van der Waals surface area (Å²) in [5.41, 5.74) is 5.02. The number of carbonyl (C=O) groups excluding carboxylic acids is 1. The molecule has 4 aromatic rings. The number of aromatic nitrogens is 3. The molecule has 1 amide bonds. The van der Waals surface area contributed by atoms with E-state index in [-0.39, 0.29) is 5.91 Å². The number of rotatable bonds is 6. The molecule has 0 bridgehead atoms. The van der Waals surface area contributed by atoms with E-state index in [1.807, 2.05) is 48.5 Å². The molecule has 2 N–H and O–H groups in total. The molecule has 0 radical (unpaired) electrons. The molecule has 0 atom stereocenters. The van der Waals surface area contributed by atoms with E-state index < -0.39 is 0 Å². The van der Waals surface area contributed by atoms with Crippen LogP contribution in [0.1, 0.15) is 34.4 Å². The first-order valence-electron chi connectivity index (χ1n) is 9.43. The normalized spacial score (nSPS) is 11.1. The van der Waals surface area contributed by atoms with Crippen LogP contribution < -0.4 is 5.32 Å². The van der Waals surface area contributed by atoms with Gasteiger partial charge in [-0.25, -0.2) is 0 Å². The summed E-state index contributed by atoms with van der Waals surface area (Å²) in [6.45, 7) is 4.63. The Balaban J connectivity index is 1.39. The fraction of sp³-hybridized carbons (Fsp3) is 0.227. The highest BCUT2D eigenvalue weighted by molar-refractivity contribution is 5.99. The number of nitrogens with one attached hydrogen (secondary N) is 2. The Hall–Kier alpha value is -3.41. The van der Waals surface area contributed by atoms with Crippen LogP contribution in [0.15, 0.2) is 53.1 Å². The van der Waals surface area contributed by atoms with Crippen LogP contribution in [0.4, 0.5) is 0 Å². The van der Waals surface area contributed by atoms with Gasteiger partial charge in [-0.2, -0.15) is 4.98 Å². The molecule has 0 saturated heterocycles. The van der Waals surface area contributed by atoms with Crippen LogP contribution in [0.5, 0.6) is 0 Å². The summed E-state index contributed by atoms with van der Waals surface area (Å²) in [6.07, 6.45) is 1.42. The van der Waals surface area contributed by atoms with E-state index in [4.69, 9.17) is 4.52 Å². The molecule has 142 valence electrons. The van der Waals surface area contributed by atoms with Gasteiger partial charge >= 0.3 is 0 Å². The molecule has 2 aromatic carbocycles. The molecule has 0 fully saturated rings. The highest BCUT2D eigenvalue weighted by Crippen LogP contribution is 2.23. The largest absolute Gasteiger partial charge is 0.358 e. The molecule has 0 aliphatic heterocycles. The Labute approximate surface area is 163 Å². The van der Waals surface area contributed by atoms with Gasteiger partial charge in [0, 0.05) is 40.7 Å². The number of carbonyl (C=O) groups is 1. The summed E-state index contributed by atoms with van der Waals surface area (Å²) < 4.78 is 5.28. The molecule has 6 nitrogen and oxygen atoms in total. The predicted molar refractivity (Wildman–Crippen MR) is 108 cm³/mol. The zero-order valence-electron chi connectivity index (χ0n) is 16.0. The third-order valence-electron chi connectivity index (χ3n) is 4.90. The molecule has 0 aliphatic carbocycles. The monoisotopic (exact) mass is 374 g/mol. The van der Waals surface area contributed by atoms with E-state index in [0.29, 0.717) is 30.2 Å². The summed E-state index contributed by atoms with van der Waals surface area (Å²) in [6, 6.07) is 15.4. The summed E-state index contributed by atoms with van der Waals surface area (Å²) in [7, 11) is 0. The number of aromatic amines is 1. The number of aryl methyl sites for hydroxylation is 2. The third-order valence-corrected chi connectivity index (χ3v) is 4.90. The van der Waals surface area contributed by atoms with Crippen molar-refractivity contribution in [2.24, 2.45) is 0 Å². The Kier molecular flexibility index (Phi) is 4.93. The molecule has 6 heteroatoms. The van der Waals surface area contributed by atoms with Gasteiger partial charge in [0.15, 0.2) is 0 Å². The van der Waals surface area contributed by atoms with Gasteiger partial charge in [-0.3, -0.25) is 4.79 Å². The number of hydrogen-bond acceptors (Lipinski definition) is 4. The number of H-pyrrole nitrogens is 1.